The molecule has 0 unspecified atom stereocenters. The molecule has 0 aromatic heterocycles. The van der Waals surface area contributed by atoms with E-state index in [1.165, 1.54) is 12.1 Å². The summed E-state index contributed by atoms with van der Waals surface area (Å²) in [6.07, 6.45) is -4.15. The van der Waals surface area contributed by atoms with Gasteiger partial charge in [-0.05, 0) is 29.7 Å². The van der Waals surface area contributed by atoms with Crippen molar-refractivity contribution in [3.05, 3.63) is 71.3 Å². The summed E-state index contributed by atoms with van der Waals surface area (Å²) >= 11 is 0. The molecule has 0 aliphatic carbocycles. The first-order chi connectivity index (χ1) is 11.3. The lowest BCUT2D eigenvalue weighted by Crippen LogP contribution is -2.39. The fourth-order valence-electron chi connectivity index (χ4n) is 2.34. The Hall–Kier alpha value is -2.83. The third kappa shape index (κ3) is 4.58. The van der Waals surface area contributed by atoms with Crippen molar-refractivity contribution >= 4 is 11.9 Å². The van der Waals surface area contributed by atoms with Crippen LogP contribution in [0.5, 0.6) is 0 Å². The van der Waals surface area contributed by atoms with E-state index in [1.54, 1.807) is 0 Å². The molecule has 4 nitrogen and oxygen atoms in total. The van der Waals surface area contributed by atoms with Crippen molar-refractivity contribution in [1.82, 2.24) is 5.32 Å². The topological polar surface area (TPSA) is 79.0 Å². The number of alkyl halides is 3. The minimum absolute atomic E-state index is 0.283. The van der Waals surface area contributed by atoms with E-state index in [-0.39, 0.29) is 6.42 Å². The second kappa shape index (κ2) is 7.16. The summed E-state index contributed by atoms with van der Waals surface area (Å²) in [5, 5.41) is 9.38. The number of nitrogens with one attached hydrogen (secondary N) is 2. The molecule has 2 aromatic carbocycles. The Kier molecular flexibility index (Phi) is 5.23. The highest BCUT2D eigenvalue weighted by atomic mass is 19.4. The second-order valence-electron chi connectivity index (χ2n) is 5.27. The number of nitrogens with two attached hydrogens (primary N) is 1. The SMILES string of the molecule is N=C(N)NC(=O)[C@H](Cc1ccccc1)c1ccc(C(F)(F)F)cc1. The zero-order chi connectivity index (χ0) is 17.7. The van der Waals surface area contributed by atoms with E-state index in [0.717, 1.165) is 17.7 Å². The maximum absolute atomic E-state index is 12.7. The molecule has 1 atom stereocenters. The average Bonchev–Trinajstić information content (AvgIpc) is 2.52. The van der Waals surface area contributed by atoms with E-state index >= 15 is 0 Å². The first-order valence-corrected chi connectivity index (χ1v) is 7.13. The number of guanidine groups is 1. The van der Waals surface area contributed by atoms with Gasteiger partial charge in [-0.25, -0.2) is 0 Å². The zero-order valence-corrected chi connectivity index (χ0v) is 12.6. The van der Waals surface area contributed by atoms with E-state index < -0.39 is 29.5 Å². The van der Waals surface area contributed by atoms with Gasteiger partial charge in [-0.3, -0.25) is 15.5 Å². The molecule has 0 heterocycles. The Morgan fingerprint density at radius 2 is 1.67 bits per heavy atom. The molecule has 0 radical (unpaired) electrons. The largest absolute Gasteiger partial charge is 0.416 e. The van der Waals surface area contributed by atoms with Gasteiger partial charge in [-0.15, -0.1) is 0 Å². The Morgan fingerprint density at radius 3 is 2.17 bits per heavy atom. The van der Waals surface area contributed by atoms with Gasteiger partial charge >= 0.3 is 6.18 Å². The molecule has 2 rings (SSSR count). The van der Waals surface area contributed by atoms with Crippen molar-refractivity contribution in [2.24, 2.45) is 5.73 Å². The highest BCUT2D eigenvalue weighted by molar-refractivity contribution is 5.98. The molecule has 1 amide bonds. The average molecular weight is 335 g/mol. The van der Waals surface area contributed by atoms with Crippen molar-refractivity contribution in [3.8, 4) is 0 Å². The van der Waals surface area contributed by atoms with Crippen LogP contribution in [0.1, 0.15) is 22.6 Å². The van der Waals surface area contributed by atoms with Gasteiger partial charge in [0, 0.05) is 0 Å². The second-order valence-corrected chi connectivity index (χ2v) is 5.27. The molecule has 2 aromatic rings. The summed E-state index contributed by atoms with van der Waals surface area (Å²) < 4.78 is 38.0. The fraction of sp³-hybridized carbons (Fsp3) is 0.176. The van der Waals surface area contributed by atoms with Gasteiger partial charge in [0.15, 0.2) is 5.96 Å². The van der Waals surface area contributed by atoms with Crippen LogP contribution in [-0.2, 0) is 17.4 Å². The van der Waals surface area contributed by atoms with Crippen LogP contribution in [0, 0.1) is 5.41 Å². The number of hydrogen-bond acceptors (Lipinski definition) is 2. The molecule has 24 heavy (non-hydrogen) atoms. The van der Waals surface area contributed by atoms with Gasteiger partial charge in [0.05, 0.1) is 11.5 Å². The number of hydrogen-bond donors (Lipinski definition) is 3. The predicted octanol–water partition coefficient (Wildman–Crippen LogP) is 3.04. The number of carbonyl (C=O) groups is 1. The summed E-state index contributed by atoms with van der Waals surface area (Å²) in [6, 6.07) is 13.5. The third-order valence-electron chi connectivity index (χ3n) is 3.50. The number of carbonyl (C=O) groups excluding carboxylic acids is 1. The number of rotatable bonds is 4. The Bertz CT molecular complexity index is 712. The maximum atomic E-state index is 12.7. The van der Waals surface area contributed by atoms with Crippen molar-refractivity contribution in [2.75, 3.05) is 0 Å². The van der Waals surface area contributed by atoms with Crippen LogP contribution in [0.4, 0.5) is 13.2 Å². The number of halogens is 3. The molecular formula is C17H16F3N3O. The van der Waals surface area contributed by atoms with Gasteiger partial charge < -0.3 is 5.73 Å². The fourth-order valence-corrected chi connectivity index (χ4v) is 2.34. The van der Waals surface area contributed by atoms with Gasteiger partial charge in [-0.1, -0.05) is 42.5 Å². The van der Waals surface area contributed by atoms with Crippen LogP contribution >= 0.6 is 0 Å². The normalized spacial score (nSPS) is 12.5. The van der Waals surface area contributed by atoms with Gasteiger partial charge in [0.2, 0.25) is 5.91 Å². The van der Waals surface area contributed by atoms with Crippen molar-refractivity contribution in [3.63, 3.8) is 0 Å². The van der Waals surface area contributed by atoms with E-state index in [1.807, 2.05) is 30.3 Å². The summed E-state index contributed by atoms with van der Waals surface area (Å²) in [4.78, 5) is 12.3. The highest BCUT2D eigenvalue weighted by Crippen LogP contribution is 2.31. The zero-order valence-electron chi connectivity index (χ0n) is 12.6. The molecule has 0 fully saturated rings. The standard InChI is InChI=1S/C17H16F3N3O/c18-17(19,20)13-8-6-12(7-9-13)14(15(24)23-16(21)22)10-11-4-2-1-3-5-11/h1-9,14H,10H2,(H4,21,22,23,24)/t14-/m1/s1. The van der Waals surface area contributed by atoms with Crippen LogP contribution in [0.3, 0.4) is 0 Å². The highest BCUT2D eigenvalue weighted by Gasteiger charge is 2.31. The van der Waals surface area contributed by atoms with Crippen LogP contribution in [-0.4, -0.2) is 11.9 Å². The molecule has 0 aliphatic heterocycles. The Morgan fingerprint density at radius 1 is 1.08 bits per heavy atom. The molecule has 126 valence electrons. The van der Waals surface area contributed by atoms with Crippen LogP contribution < -0.4 is 11.1 Å². The molecule has 0 saturated heterocycles. The quantitative estimate of drug-likeness (QED) is 0.593. The van der Waals surface area contributed by atoms with Crippen molar-refractivity contribution < 1.29 is 18.0 Å². The Labute approximate surface area is 137 Å². The van der Waals surface area contributed by atoms with Gasteiger partial charge in [0.1, 0.15) is 0 Å². The predicted molar refractivity (Wildman–Crippen MR) is 84.4 cm³/mol. The van der Waals surface area contributed by atoms with E-state index in [9.17, 15) is 18.0 Å². The summed E-state index contributed by atoms with van der Waals surface area (Å²) in [6.45, 7) is 0. The number of benzene rings is 2. The van der Waals surface area contributed by atoms with E-state index in [2.05, 4.69) is 5.32 Å². The third-order valence-corrected chi connectivity index (χ3v) is 3.50. The molecule has 7 heteroatoms. The Balaban J connectivity index is 2.31. The minimum atomic E-state index is -4.44. The summed E-state index contributed by atoms with van der Waals surface area (Å²) in [5.74, 6) is -1.80. The van der Waals surface area contributed by atoms with Crippen LogP contribution in [0.2, 0.25) is 0 Å². The lowest BCUT2D eigenvalue weighted by molar-refractivity contribution is -0.137. The lowest BCUT2D eigenvalue weighted by atomic mass is 9.90. The molecular weight excluding hydrogens is 319 g/mol. The van der Waals surface area contributed by atoms with Crippen molar-refractivity contribution in [1.29, 1.82) is 5.41 Å². The van der Waals surface area contributed by atoms with Crippen LogP contribution in [0.25, 0.3) is 0 Å². The molecule has 0 bridgehead atoms. The molecule has 4 N–H and O–H groups in total. The minimum Gasteiger partial charge on any atom is -0.370 e. The smallest absolute Gasteiger partial charge is 0.370 e. The van der Waals surface area contributed by atoms with Gasteiger partial charge in [0.25, 0.3) is 0 Å². The molecule has 0 saturated carbocycles. The van der Waals surface area contributed by atoms with Crippen LogP contribution in [0.15, 0.2) is 54.6 Å². The molecule has 0 aliphatic rings. The summed E-state index contributed by atoms with van der Waals surface area (Å²) in [7, 11) is 0. The van der Waals surface area contributed by atoms with E-state index in [4.69, 9.17) is 11.1 Å². The lowest BCUT2D eigenvalue weighted by Gasteiger charge is -2.18. The first-order valence-electron chi connectivity index (χ1n) is 7.13. The van der Waals surface area contributed by atoms with Crippen molar-refractivity contribution in [2.45, 2.75) is 18.5 Å². The van der Waals surface area contributed by atoms with E-state index in [0.29, 0.717) is 5.56 Å². The first kappa shape index (κ1) is 17.5. The molecule has 0 spiro atoms. The summed E-state index contributed by atoms with van der Waals surface area (Å²) in [5.41, 5.74) is 5.68. The maximum Gasteiger partial charge on any atom is 0.416 e. The monoisotopic (exact) mass is 335 g/mol. The number of amides is 1. The van der Waals surface area contributed by atoms with Gasteiger partial charge in [-0.2, -0.15) is 13.2 Å².